The van der Waals surface area contributed by atoms with E-state index in [0.717, 1.165) is 5.56 Å². The summed E-state index contributed by atoms with van der Waals surface area (Å²) in [7, 11) is -2.95. The van der Waals surface area contributed by atoms with Crippen molar-refractivity contribution in [2.45, 2.75) is 19.4 Å². The Hall–Kier alpha value is -2.48. The number of nitrogens with zero attached hydrogens (tertiary/aromatic N) is 2. The van der Waals surface area contributed by atoms with Crippen LogP contribution in [0.15, 0.2) is 36.7 Å². The Morgan fingerprint density at radius 3 is 2.71 bits per heavy atom. The van der Waals surface area contributed by atoms with E-state index in [-0.39, 0.29) is 29.1 Å². The summed E-state index contributed by atoms with van der Waals surface area (Å²) in [6, 6.07) is 7.31. The Bertz CT molecular complexity index is 850. The fourth-order valence-electron chi connectivity index (χ4n) is 2.56. The number of benzene rings is 1. The third-order valence-electron chi connectivity index (χ3n) is 3.74. The summed E-state index contributed by atoms with van der Waals surface area (Å²) in [5.74, 6) is 0.409. The van der Waals surface area contributed by atoms with Gasteiger partial charge in [-0.3, -0.25) is 4.79 Å². The number of aryl methyl sites for hydroxylation is 1. The molecule has 1 unspecified atom stereocenters. The predicted molar refractivity (Wildman–Crippen MR) is 91.8 cm³/mol. The summed E-state index contributed by atoms with van der Waals surface area (Å²) >= 11 is 0. The lowest BCUT2D eigenvalue weighted by molar-refractivity contribution is 0.102. The largest absolute Gasteiger partial charge is 0.365 e. The van der Waals surface area contributed by atoms with Crippen molar-refractivity contribution in [1.29, 1.82) is 0 Å². The molecule has 0 radical (unpaired) electrons. The average molecular weight is 346 g/mol. The number of amides is 1. The van der Waals surface area contributed by atoms with Gasteiger partial charge in [0.1, 0.15) is 11.5 Å². The number of carbonyl (C=O) groups excluding carboxylic acids is 1. The molecule has 1 aliphatic heterocycles. The highest BCUT2D eigenvalue weighted by molar-refractivity contribution is 7.91. The van der Waals surface area contributed by atoms with Crippen molar-refractivity contribution in [2.24, 2.45) is 0 Å². The minimum Gasteiger partial charge on any atom is -0.365 e. The molecule has 1 aliphatic rings. The van der Waals surface area contributed by atoms with E-state index in [9.17, 15) is 13.2 Å². The molecular weight excluding hydrogens is 328 g/mol. The Morgan fingerprint density at radius 2 is 2.08 bits per heavy atom. The van der Waals surface area contributed by atoms with E-state index in [1.807, 2.05) is 25.1 Å². The maximum atomic E-state index is 12.2. The molecule has 2 aromatic rings. The smallest absolute Gasteiger partial charge is 0.275 e. The summed E-state index contributed by atoms with van der Waals surface area (Å²) in [4.78, 5) is 20.4. The zero-order valence-corrected chi connectivity index (χ0v) is 14.0. The minimum absolute atomic E-state index is 0.101. The first-order chi connectivity index (χ1) is 11.4. The highest BCUT2D eigenvalue weighted by atomic mass is 32.2. The maximum absolute atomic E-state index is 12.2. The van der Waals surface area contributed by atoms with Crippen LogP contribution < -0.4 is 10.6 Å². The molecule has 1 aromatic heterocycles. The highest BCUT2D eigenvalue weighted by Gasteiger charge is 2.27. The van der Waals surface area contributed by atoms with Crippen LogP contribution in [0.2, 0.25) is 0 Å². The van der Waals surface area contributed by atoms with Crippen molar-refractivity contribution in [3.63, 3.8) is 0 Å². The zero-order valence-electron chi connectivity index (χ0n) is 13.2. The van der Waals surface area contributed by atoms with Crippen LogP contribution in [0.3, 0.4) is 0 Å². The van der Waals surface area contributed by atoms with E-state index >= 15 is 0 Å². The molecule has 126 valence electrons. The number of hydrogen-bond donors (Lipinski definition) is 2. The van der Waals surface area contributed by atoms with Crippen molar-refractivity contribution in [3.8, 4) is 0 Å². The number of aromatic nitrogens is 2. The fourth-order valence-corrected chi connectivity index (χ4v) is 4.23. The van der Waals surface area contributed by atoms with Crippen molar-refractivity contribution < 1.29 is 13.2 Å². The Balaban J connectivity index is 1.62. The Labute approximate surface area is 140 Å². The van der Waals surface area contributed by atoms with Gasteiger partial charge < -0.3 is 10.6 Å². The van der Waals surface area contributed by atoms with Crippen LogP contribution >= 0.6 is 0 Å². The van der Waals surface area contributed by atoms with Crippen LogP contribution in [0.25, 0.3) is 0 Å². The van der Waals surface area contributed by atoms with Crippen molar-refractivity contribution >= 4 is 27.2 Å². The molecular formula is C16H18N4O3S. The van der Waals surface area contributed by atoms with Gasteiger partial charge in [0, 0.05) is 11.7 Å². The van der Waals surface area contributed by atoms with Gasteiger partial charge in [0.05, 0.1) is 23.9 Å². The molecule has 7 nitrogen and oxygen atoms in total. The average Bonchev–Trinajstić information content (AvgIpc) is 2.87. The third-order valence-corrected chi connectivity index (χ3v) is 5.51. The molecule has 2 heterocycles. The SMILES string of the molecule is Cc1cccc(NC(=O)c2cnc(NC3CCS(=O)(=O)C3)cn2)c1. The summed E-state index contributed by atoms with van der Waals surface area (Å²) in [5.41, 5.74) is 1.94. The number of nitrogens with one attached hydrogen (secondary N) is 2. The number of hydrogen-bond acceptors (Lipinski definition) is 6. The summed E-state index contributed by atoms with van der Waals surface area (Å²) < 4.78 is 22.9. The standard InChI is InChI=1S/C16H18N4O3S/c1-11-3-2-4-12(7-11)20-16(21)14-8-18-15(9-17-14)19-13-5-6-24(22,23)10-13/h2-4,7-9,13H,5-6,10H2,1H3,(H,18,19)(H,20,21). The molecule has 0 aliphatic carbocycles. The minimum atomic E-state index is -2.95. The summed E-state index contributed by atoms with van der Waals surface area (Å²) in [6.07, 6.45) is 3.37. The lowest BCUT2D eigenvalue weighted by Crippen LogP contribution is -2.22. The molecule has 2 N–H and O–H groups in total. The zero-order chi connectivity index (χ0) is 17.2. The Kier molecular flexibility index (Phi) is 4.48. The number of rotatable bonds is 4. The van der Waals surface area contributed by atoms with E-state index in [0.29, 0.717) is 17.9 Å². The number of anilines is 2. The molecule has 0 spiro atoms. The first-order valence-corrected chi connectivity index (χ1v) is 9.40. The van der Waals surface area contributed by atoms with Crippen LogP contribution in [-0.4, -0.2) is 41.8 Å². The van der Waals surface area contributed by atoms with Gasteiger partial charge in [-0.05, 0) is 31.0 Å². The quantitative estimate of drug-likeness (QED) is 0.873. The molecule has 1 amide bonds. The lowest BCUT2D eigenvalue weighted by Gasteiger charge is -2.11. The van der Waals surface area contributed by atoms with E-state index in [2.05, 4.69) is 20.6 Å². The van der Waals surface area contributed by atoms with Gasteiger partial charge in [-0.1, -0.05) is 12.1 Å². The molecule has 0 saturated carbocycles. The molecule has 1 saturated heterocycles. The monoisotopic (exact) mass is 346 g/mol. The topological polar surface area (TPSA) is 101 Å². The van der Waals surface area contributed by atoms with Gasteiger partial charge in [-0.25, -0.2) is 18.4 Å². The van der Waals surface area contributed by atoms with Gasteiger partial charge in [-0.15, -0.1) is 0 Å². The normalized spacial score (nSPS) is 19.0. The van der Waals surface area contributed by atoms with Gasteiger partial charge in [0.2, 0.25) is 0 Å². The molecule has 1 fully saturated rings. The van der Waals surface area contributed by atoms with Crippen LogP contribution in [0, 0.1) is 6.92 Å². The molecule has 0 bridgehead atoms. The van der Waals surface area contributed by atoms with Gasteiger partial charge in [-0.2, -0.15) is 0 Å². The van der Waals surface area contributed by atoms with Crippen LogP contribution in [0.5, 0.6) is 0 Å². The van der Waals surface area contributed by atoms with Crippen molar-refractivity contribution in [1.82, 2.24) is 9.97 Å². The second-order valence-corrected chi connectivity index (χ2v) is 8.08. The molecule has 1 aromatic carbocycles. The van der Waals surface area contributed by atoms with Gasteiger partial charge in [0.15, 0.2) is 9.84 Å². The summed E-state index contributed by atoms with van der Waals surface area (Å²) in [5, 5.41) is 5.80. The third kappa shape index (κ3) is 4.08. The second-order valence-electron chi connectivity index (χ2n) is 5.85. The van der Waals surface area contributed by atoms with Gasteiger partial charge >= 0.3 is 0 Å². The van der Waals surface area contributed by atoms with Gasteiger partial charge in [0.25, 0.3) is 5.91 Å². The summed E-state index contributed by atoms with van der Waals surface area (Å²) in [6.45, 7) is 1.94. The lowest BCUT2D eigenvalue weighted by atomic mass is 10.2. The Morgan fingerprint density at radius 1 is 1.25 bits per heavy atom. The van der Waals surface area contributed by atoms with Crippen molar-refractivity contribution in [3.05, 3.63) is 47.9 Å². The number of sulfone groups is 1. The predicted octanol–water partition coefficient (Wildman–Crippen LogP) is 1.64. The maximum Gasteiger partial charge on any atom is 0.275 e. The van der Waals surface area contributed by atoms with Crippen LogP contribution in [0.1, 0.15) is 22.5 Å². The fraction of sp³-hybridized carbons (Fsp3) is 0.312. The first-order valence-electron chi connectivity index (χ1n) is 7.58. The molecule has 8 heteroatoms. The first kappa shape index (κ1) is 16.4. The second kappa shape index (κ2) is 6.56. The van der Waals surface area contributed by atoms with Crippen LogP contribution in [0.4, 0.5) is 11.5 Å². The van der Waals surface area contributed by atoms with E-state index in [1.54, 1.807) is 6.07 Å². The number of carbonyl (C=O) groups is 1. The molecule has 1 atom stereocenters. The van der Waals surface area contributed by atoms with Crippen LogP contribution in [-0.2, 0) is 9.84 Å². The van der Waals surface area contributed by atoms with E-state index in [4.69, 9.17) is 0 Å². The molecule has 24 heavy (non-hydrogen) atoms. The van der Waals surface area contributed by atoms with Crippen molar-refractivity contribution in [2.75, 3.05) is 22.1 Å². The van der Waals surface area contributed by atoms with E-state index in [1.165, 1.54) is 12.4 Å². The molecule has 3 rings (SSSR count). The van der Waals surface area contributed by atoms with E-state index < -0.39 is 9.84 Å². The highest BCUT2D eigenvalue weighted by Crippen LogP contribution is 2.16.